The molecule has 8 nitrogen and oxygen atoms in total. The number of hydrogen-bond donors (Lipinski definition) is 2. The standard InChI is InChI=1S/C30H23N3O5/c34-28(21-11-5-2-6-12-21)26-25(19-9-3-1-4-10-19)27(20-15-17-22(18-16-20)33(37)38)32(36)30(26)23-13-7-8-14-24(23)31-29(30)35/h1-18,25-27,36H,(H,31,35)/t25-,26+,27+,30-/m1/s1. The molecular weight excluding hydrogens is 482 g/mol. The molecule has 1 saturated heterocycles. The van der Waals surface area contributed by atoms with Gasteiger partial charge in [0.05, 0.1) is 16.9 Å². The van der Waals surface area contributed by atoms with E-state index in [4.69, 9.17) is 0 Å². The number of nitrogens with one attached hydrogen (secondary N) is 1. The molecule has 4 aromatic rings. The fourth-order valence-corrected chi connectivity index (χ4v) is 6.08. The average Bonchev–Trinajstić information content (AvgIpc) is 3.40. The second-order valence-electron chi connectivity index (χ2n) is 9.55. The van der Waals surface area contributed by atoms with E-state index in [0.29, 0.717) is 22.4 Å². The number of anilines is 1. The monoisotopic (exact) mass is 505 g/mol. The molecule has 0 aliphatic carbocycles. The first-order chi connectivity index (χ1) is 18.4. The van der Waals surface area contributed by atoms with Crippen molar-refractivity contribution in [3.63, 3.8) is 0 Å². The first-order valence-electron chi connectivity index (χ1n) is 12.2. The summed E-state index contributed by atoms with van der Waals surface area (Å²) in [6.45, 7) is 0. The largest absolute Gasteiger partial charge is 0.324 e. The van der Waals surface area contributed by atoms with Gasteiger partial charge < -0.3 is 10.5 Å². The van der Waals surface area contributed by atoms with Crippen LogP contribution in [-0.4, -0.2) is 26.9 Å². The first kappa shape index (κ1) is 23.7. The molecule has 6 rings (SSSR count). The summed E-state index contributed by atoms with van der Waals surface area (Å²) < 4.78 is 0. The van der Waals surface area contributed by atoms with Crippen molar-refractivity contribution in [3.8, 4) is 0 Å². The molecule has 0 saturated carbocycles. The average molecular weight is 506 g/mol. The van der Waals surface area contributed by atoms with Gasteiger partial charge >= 0.3 is 0 Å². The van der Waals surface area contributed by atoms with E-state index >= 15 is 0 Å². The number of nitrogens with zero attached hydrogens (tertiary/aromatic N) is 2. The predicted molar refractivity (Wildman–Crippen MR) is 140 cm³/mol. The van der Waals surface area contributed by atoms with Crippen LogP contribution in [0.3, 0.4) is 0 Å². The van der Waals surface area contributed by atoms with E-state index < -0.39 is 34.2 Å². The molecule has 0 radical (unpaired) electrons. The number of hydrogen-bond acceptors (Lipinski definition) is 6. The number of nitro groups is 1. The van der Waals surface area contributed by atoms with Gasteiger partial charge in [0.25, 0.3) is 11.6 Å². The van der Waals surface area contributed by atoms with Crippen molar-refractivity contribution in [1.29, 1.82) is 0 Å². The zero-order valence-corrected chi connectivity index (χ0v) is 20.1. The van der Waals surface area contributed by atoms with Gasteiger partial charge in [-0.3, -0.25) is 19.7 Å². The number of hydroxylamine groups is 2. The Bertz CT molecular complexity index is 1540. The van der Waals surface area contributed by atoms with Crippen molar-refractivity contribution in [3.05, 3.63) is 142 Å². The first-order valence-corrected chi connectivity index (χ1v) is 12.2. The topological polar surface area (TPSA) is 113 Å². The Hall–Kier alpha value is -4.66. The van der Waals surface area contributed by atoms with Gasteiger partial charge in [0.2, 0.25) is 0 Å². The van der Waals surface area contributed by atoms with E-state index in [1.54, 1.807) is 60.7 Å². The third kappa shape index (κ3) is 3.38. The number of rotatable bonds is 5. The zero-order chi connectivity index (χ0) is 26.4. The van der Waals surface area contributed by atoms with Crippen molar-refractivity contribution in [2.45, 2.75) is 17.5 Å². The number of non-ortho nitro benzene ring substituents is 1. The highest BCUT2D eigenvalue weighted by Gasteiger charge is 2.69. The summed E-state index contributed by atoms with van der Waals surface area (Å²) in [6, 6.07) is 30.1. The molecular formula is C30H23N3O5. The molecule has 8 heteroatoms. The van der Waals surface area contributed by atoms with Crippen LogP contribution in [0.1, 0.15) is 39.0 Å². The smallest absolute Gasteiger partial charge is 0.269 e. The maximum atomic E-state index is 14.4. The van der Waals surface area contributed by atoms with E-state index in [2.05, 4.69) is 5.32 Å². The number of ketones is 1. The lowest BCUT2D eigenvalue weighted by atomic mass is 9.69. The normalized spacial score (nSPS) is 24.2. The molecule has 38 heavy (non-hydrogen) atoms. The number of carbonyl (C=O) groups excluding carboxylic acids is 2. The quantitative estimate of drug-likeness (QED) is 0.211. The van der Waals surface area contributed by atoms with Crippen LogP contribution in [0.25, 0.3) is 0 Å². The number of benzene rings is 4. The molecule has 4 atom stereocenters. The van der Waals surface area contributed by atoms with Crippen molar-refractivity contribution in [1.82, 2.24) is 5.06 Å². The third-order valence-corrected chi connectivity index (χ3v) is 7.68. The second-order valence-corrected chi connectivity index (χ2v) is 9.55. The van der Waals surface area contributed by atoms with Crippen molar-refractivity contribution in [2.24, 2.45) is 5.92 Å². The lowest BCUT2D eigenvalue weighted by molar-refractivity contribution is -0.384. The van der Waals surface area contributed by atoms with Crippen LogP contribution < -0.4 is 5.32 Å². The lowest BCUT2D eigenvalue weighted by Crippen LogP contribution is -2.51. The number of fused-ring (bicyclic) bond motifs is 2. The third-order valence-electron chi connectivity index (χ3n) is 7.68. The summed E-state index contributed by atoms with van der Waals surface area (Å²) in [6.07, 6.45) is 0. The van der Waals surface area contributed by atoms with Gasteiger partial charge in [0.1, 0.15) is 0 Å². The Morgan fingerprint density at radius 3 is 2.11 bits per heavy atom. The Labute approximate surface area is 218 Å². The van der Waals surface area contributed by atoms with Gasteiger partial charge in [-0.25, -0.2) is 0 Å². The van der Waals surface area contributed by atoms with Gasteiger partial charge in [-0.05, 0) is 17.2 Å². The molecule has 2 aliphatic heterocycles. The molecule has 0 aromatic heterocycles. The van der Waals surface area contributed by atoms with E-state index in [9.17, 15) is 24.9 Å². The highest BCUT2D eigenvalue weighted by atomic mass is 16.6. The van der Waals surface area contributed by atoms with Gasteiger partial charge in [-0.15, -0.1) is 0 Å². The highest BCUT2D eigenvalue weighted by Crippen LogP contribution is 2.62. The Kier molecular flexibility index (Phi) is 5.63. The molecule has 1 fully saturated rings. The van der Waals surface area contributed by atoms with Crippen LogP contribution in [0.2, 0.25) is 0 Å². The minimum atomic E-state index is -1.73. The molecule has 2 heterocycles. The van der Waals surface area contributed by atoms with Crippen LogP contribution >= 0.6 is 0 Å². The van der Waals surface area contributed by atoms with Crippen LogP contribution in [0.15, 0.2) is 109 Å². The molecule has 188 valence electrons. The zero-order valence-electron chi connectivity index (χ0n) is 20.1. The maximum Gasteiger partial charge on any atom is 0.269 e. The van der Waals surface area contributed by atoms with Crippen LogP contribution in [0.4, 0.5) is 11.4 Å². The summed E-state index contributed by atoms with van der Waals surface area (Å²) in [5.41, 5.74) is 0.947. The minimum absolute atomic E-state index is 0.0944. The number of Topliss-reactive ketones (excluding diaryl/α,β-unsaturated/α-hetero) is 1. The fraction of sp³-hybridized carbons (Fsp3) is 0.133. The second kappa shape index (κ2) is 9.02. The minimum Gasteiger partial charge on any atom is -0.324 e. The summed E-state index contributed by atoms with van der Waals surface area (Å²) in [5.74, 6) is -2.45. The van der Waals surface area contributed by atoms with Gasteiger partial charge in [-0.1, -0.05) is 91.0 Å². The summed E-state index contributed by atoms with van der Waals surface area (Å²) in [5, 5.41) is 27.3. The number of carbonyl (C=O) groups is 2. The SMILES string of the molecule is O=C(c1ccccc1)[C@@H]1[C@@H](c2ccccc2)[C@H](c2ccc([N+](=O)[O-])cc2)N(O)[C@@]12C(=O)Nc1ccccc12. The summed E-state index contributed by atoms with van der Waals surface area (Å²) >= 11 is 0. The predicted octanol–water partition coefficient (Wildman–Crippen LogP) is 5.47. The van der Waals surface area contributed by atoms with Crippen molar-refractivity contribution >= 4 is 23.1 Å². The van der Waals surface area contributed by atoms with E-state index in [1.165, 1.54) is 12.1 Å². The van der Waals surface area contributed by atoms with Gasteiger partial charge in [0.15, 0.2) is 11.3 Å². The molecule has 2 N–H and O–H groups in total. The lowest BCUT2D eigenvalue weighted by Gasteiger charge is -2.34. The molecule has 4 aromatic carbocycles. The maximum absolute atomic E-state index is 14.4. The number of para-hydroxylation sites is 1. The molecule has 0 bridgehead atoms. The van der Waals surface area contributed by atoms with Gasteiger partial charge in [-0.2, -0.15) is 5.06 Å². The molecule has 2 aliphatic rings. The Morgan fingerprint density at radius 1 is 0.842 bits per heavy atom. The van der Waals surface area contributed by atoms with E-state index in [-0.39, 0.29) is 11.5 Å². The van der Waals surface area contributed by atoms with Crippen molar-refractivity contribution in [2.75, 3.05) is 5.32 Å². The van der Waals surface area contributed by atoms with E-state index in [1.807, 2.05) is 36.4 Å². The number of nitro benzene ring substituents is 1. The van der Waals surface area contributed by atoms with Crippen LogP contribution in [-0.2, 0) is 10.3 Å². The Balaban J connectivity index is 1.64. The summed E-state index contributed by atoms with van der Waals surface area (Å²) in [4.78, 5) is 39.2. The molecule has 1 amide bonds. The highest BCUT2D eigenvalue weighted by molar-refractivity contribution is 6.12. The van der Waals surface area contributed by atoms with Crippen molar-refractivity contribution < 1.29 is 19.7 Å². The molecule has 0 unspecified atom stereocenters. The Morgan fingerprint density at radius 2 is 1.45 bits per heavy atom. The van der Waals surface area contributed by atoms with Gasteiger partial charge in [0, 0.05) is 34.9 Å². The van der Waals surface area contributed by atoms with Crippen LogP contribution in [0, 0.1) is 16.0 Å². The van der Waals surface area contributed by atoms with Crippen LogP contribution in [0.5, 0.6) is 0 Å². The fourth-order valence-electron chi connectivity index (χ4n) is 6.08. The number of amides is 1. The summed E-state index contributed by atoms with van der Waals surface area (Å²) in [7, 11) is 0. The molecule has 1 spiro atoms. The van der Waals surface area contributed by atoms with E-state index in [0.717, 1.165) is 10.6 Å².